The highest BCUT2D eigenvalue weighted by molar-refractivity contribution is 7.80. The van der Waals surface area contributed by atoms with Crippen LogP contribution in [0.5, 0.6) is 0 Å². The number of nitrogens with one attached hydrogen (secondary N) is 3. The predicted molar refractivity (Wildman–Crippen MR) is 94.9 cm³/mol. The molecule has 5 heteroatoms. The zero-order valence-corrected chi connectivity index (χ0v) is 13.8. The second-order valence-corrected chi connectivity index (χ2v) is 6.80. The van der Waals surface area contributed by atoms with Gasteiger partial charge in [-0.1, -0.05) is 5.92 Å². The van der Waals surface area contributed by atoms with Gasteiger partial charge in [-0.2, -0.15) is 5.26 Å². The molecule has 3 aliphatic rings. The minimum atomic E-state index is 0.457. The molecule has 4 rings (SSSR count). The Morgan fingerprint density at radius 3 is 2.78 bits per heavy atom. The van der Waals surface area contributed by atoms with Crippen LogP contribution < -0.4 is 15.5 Å². The van der Waals surface area contributed by atoms with Gasteiger partial charge < -0.3 is 15.5 Å². The van der Waals surface area contributed by atoms with E-state index in [4.69, 9.17) is 23.9 Å². The van der Waals surface area contributed by atoms with Crippen LogP contribution in [0.25, 0.3) is 0 Å². The van der Waals surface area contributed by atoms with Gasteiger partial charge in [0.2, 0.25) is 0 Å². The van der Waals surface area contributed by atoms with Gasteiger partial charge >= 0.3 is 0 Å². The molecule has 3 fully saturated rings. The SMILES string of the molecule is C#C[C@H]1C[NH+]2CC[C@H]1C[C@@H]2CNC(=S)Nc1ccc(C#N)cc1. The van der Waals surface area contributed by atoms with Gasteiger partial charge in [0.05, 0.1) is 37.2 Å². The molecule has 4 atom stereocenters. The van der Waals surface area contributed by atoms with Crippen LogP contribution >= 0.6 is 12.2 Å². The fourth-order valence-electron chi connectivity index (χ4n) is 3.75. The van der Waals surface area contributed by atoms with Gasteiger partial charge in [-0.3, -0.25) is 0 Å². The van der Waals surface area contributed by atoms with E-state index in [1.54, 1.807) is 17.0 Å². The molecule has 23 heavy (non-hydrogen) atoms. The van der Waals surface area contributed by atoms with Crippen molar-refractivity contribution in [1.82, 2.24) is 5.32 Å². The van der Waals surface area contributed by atoms with E-state index in [9.17, 15) is 0 Å². The van der Waals surface area contributed by atoms with Gasteiger partial charge in [0.25, 0.3) is 0 Å². The maximum atomic E-state index is 8.80. The Morgan fingerprint density at radius 2 is 2.17 bits per heavy atom. The summed E-state index contributed by atoms with van der Waals surface area (Å²) in [5.41, 5.74) is 1.54. The van der Waals surface area contributed by atoms with Crippen molar-refractivity contribution in [2.45, 2.75) is 18.9 Å². The van der Waals surface area contributed by atoms with E-state index in [0.29, 0.717) is 28.6 Å². The van der Waals surface area contributed by atoms with Gasteiger partial charge in [-0.15, -0.1) is 6.42 Å². The molecule has 3 aliphatic heterocycles. The summed E-state index contributed by atoms with van der Waals surface area (Å²) in [6.07, 6.45) is 8.08. The summed E-state index contributed by atoms with van der Waals surface area (Å²) in [4.78, 5) is 1.61. The van der Waals surface area contributed by atoms with Gasteiger partial charge in [-0.25, -0.2) is 0 Å². The van der Waals surface area contributed by atoms with Crippen molar-refractivity contribution in [3.63, 3.8) is 0 Å². The molecule has 0 radical (unpaired) electrons. The van der Waals surface area contributed by atoms with Crippen LogP contribution in [0, 0.1) is 35.5 Å². The van der Waals surface area contributed by atoms with E-state index in [0.717, 1.165) is 18.8 Å². The number of thiocarbonyl (C=S) groups is 1. The number of nitrogens with zero attached hydrogens (tertiary/aromatic N) is 1. The zero-order valence-electron chi connectivity index (χ0n) is 13.0. The number of terminal acetylenes is 1. The highest BCUT2D eigenvalue weighted by Gasteiger charge is 2.42. The predicted octanol–water partition coefficient (Wildman–Crippen LogP) is 0.771. The normalized spacial score (nSPS) is 28.4. The van der Waals surface area contributed by atoms with Crippen LogP contribution in [0.4, 0.5) is 5.69 Å². The lowest BCUT2D eigenvalue weighted by atomic mass is 9.76. The molecule has 0 aromatic heterocycles. The summed E-state index contributed by atoms with van der Waals surface area (Å²) in [6, 6.07) is 9.98. The molecule has 3 N–H and O–H groups in total. The second kappa shape index (κ2) is 7.00. The van der Waals surface area contributed by atoms with Crippen molar-refractivity contribution in [2.24, 2.45) is 11.8 Å². The molecule has 0 amide bonds. The van der Waals surface area contributed by atoms with Crippen molar-refractivity contribution in [3.05, 3.63) is 29.8 Å². The van der Waals surface area contributed by atoms with E-state index in [1.807, 2.05) is 12.1 Å². The van der Waals surface area contributed by atoms with Crippen molar-refractivity contribution in [1.29, 1.82) is 5.26 Å². The molecule has 1 aromatic carbocycles. The van der Waals surface area contributed by atoms with Crippen molar-refractivity contribution in [2.75, 3.05) is 25.0 Å². The van der Waals surface area contributed by atoms with Gasteiger partial charge in [0.1, 0.15) is 6.04 Å². The quantitative estimate of drug-likeness (QED) is 0.568. The summed E-state index contributed by atoms with van der Waals surface area (Å²) in [5, 5.41) is 15.9. The topological polar surface area (TPSA) is 52.3 Å². The van der Waals surface area contributed by atoms with Gasteiger partial charge in [-0.05, 0) is 42.4 Å². The molecule has 0 aliphatic carbocycles. The molecule has 0 saturated carbocycles. The summed E-state index contributed by atoms with van der Waals surface area (Å²) >= 11 is 5.37. The van der Waals surface area contributed by atoms with Crippen LogP contribution in [0.15, 0.2) is 24.3 Å². The summed E-state index contributed by atoms with van der Waals surface area (Å²) in [7, 11) is 0. The van der Waals surface area contributed by atoms with Crippen molar-refractivity contribution < 1.29 is 4.90 Å². The molecule has 2 bridgehead atoms. The van der Waals surface area contributed by atoms with E-state index in [1.165, 1.54) is 19.4 Å². The number of rotatable bonds is 3. The van der Waals surface area contributed by atoms with Crippen LogP contribution in [0.1, 0.15) is 18.4 Å². The lowest BCUT2D eigenvalue weighted by Crippen LogP contribution is -3.20. The average Bonchev–Trinajstić information content (AvgIpc) is 2.61. The monoisotopic (exact) mass is 325 g/mol. The summed E-state index contributed by atoms with van der Waals surface area (Å²) in [5.74, 6) is 4.10. The van der Waals surface area contributed by atoms with E-state index < -0.39 is 0 Å². The Balaban J connectivity index is 1.48. The molecule has 3 heterocycles. The molecule has 4 nitrogen and oxygen atoms in total. The maximum Gasteiger partial charge on any atom is 0.170 e. The number of hydrogen-bond acceptors (Lipinski definition) is 2. The second-order valence-electron chi connectivity index (χ2n) is 6.39. The number of anilines is 1. The van der Waals surface area contributed by atoms with E-state index >= 15 is 0 Å². The average molecular weight is 325 g/mol. The number of benzene rings is 1. The molecular formula is C18H21N4S+. The van der Waals surface area contributed by atoms with E-state index in [2.05, 4.69) is 22.6 Å². The smallest absolute Gasteiger partial charge is 0.170 e. The third kappa shape index (κ3) is 3.64. The van der Waals surface area contributed by atoms with Gasteiger partial charge in [0.15, 0.2) is 5.11 Å². The lowest BCUT2D eigenvalue weighted by Gasteiger charge is -2.45. The maximum absolute atomic E-state index is 8.80. The molecule has 0 spiro atoms. The number of piperidine rings is 3. The Hall–Kier alpha value is -2.08. The van der Waals surface area contributed by atoms with E-state index in [-0.39, 0.29) is 0 Å². The molecule has 1 aromatic rings. The van der Waals surface area contributed by atoms with Crippen molar-refractivity contribution >= 4 is 23.0 Å². The first kappa shape index (κ1) is 15.8. The highest BCUT2D eigenvalue weighted by Crippen LogP contribution is 2.26. The Morgan fingerprint density at radius 1 is 1.39 bits per heavy atom. The molecule has 3 saturated heterocycles. The Labute approximate surface area is 142 Å². The number of fused-ring (bicyclic) bond motifs is 3. The first-order chi connectivity index (χ1) is 11.2. The van der Waals surface area contributed by atoms with Gasteiger partial charge in [0, 0.05) is 18.5 Å². The minimum Gasteiger partial charge on any atom is -0.356 e. The minimum absolute atomic E-state index is 0.457. The van der Waals surface area contributed by atoms with Crippen LogP contribution in [-0.2, 0) is 0 Å². The molecule has 118 valence electrons. The number of quaternary nitrogens is 1. The van der Waals surface area contributed by atoms with Crippen LogP contribution in [0.3, 0.4) is 0 Å². The molecule has 1 unspecified atom stereocenters. The lowest BCUT2D eigenvalue weighted by molar-refractivity contribution is -0.943. The van der Waals surface area contributed by atoms with Crippen molar-refractivity contribution in [3.8, 4) is 18.4 Å². The third-order valence-corrected chi connectivity index (χ3v) is 5.29. The number of hydrogen-bond donors (Lipinski definition) is 3. The fraction of sp³-hybridized carbons (Fsp3) is 0.444. The van der Waals surface area contributed by atoms with Crippen LogP contribution in [-0.4, -0.2) is 30.8 Å². The first-order valence-electron chi connectivity index (χ1n) is 8.05. The number of nitriles is 1. The van der Waals surface area contributed by atoms with Crippen LogP contribution in [0.2, 0.25) is 0 Å². The Kier molecular flexibility index (Phi) is 4.81. The third-order valence-electron chi connectivity index (χ3n) is 5.05. The Bertz CT molecular complexity index is 655. The summed E-state index contributed by atoms with van der Waals surface area (Å²) < 4.78 is 0. The fourth-order valence-corrected chi connectivity index (χ4v) is 3.95. The largest absolute Gasteiger partial charge is 0.356 e. The molecular weight excluding hydrogens is 304 g/mol. The standard InChI is InChI=1S/C18H20N4S/c1-2-14-12-22-8-7-15(14)9-17(22)11-20-18(23)21-16-5-3-13(10-19)4-6-16/h1,3-6,14-15,17H,7-9,11-12H2,(H2,20,21,23)/p+1/t14-,15-,17+/m0/s1. The first-order valence-corrected chi connectivity index (χ1v) is 8.46. The summed E-state index contributed by atoms with van der Waals surface area (Å²) in [6.45, 7) is 3.21. The zero-order chi connectivity index (χ0) is 16.2. The highest BCUT2D eigenvalue weighted by atomic mass is 32.1.